The van der Waals surface area contributed by atoms with Gasteiger partial charge >= 0.3 is 0 Å². The van der Waals surface area contributed by atoms with E-state index < -0.39 is 0 Å². The van der Waals surface area contributed by atoms with E-state index in [1.54, 1.807) is 7.11 Å². The van der Waals surface area contributed by atoms with Crippen LogP contribution in [0.15, 0.2) is 18.2 Å². The Bertz CT molecular complexity index is 407. The number of hydrogen-bond donors (Lipinski definition) is 0. The molecule has 0 spiro atoms. The second-order valence-corrected chi connectivity index (χ2v) is 5.18. The largest absolute Gasteiger partial charge is 0.497 e. The average molecular weight is 218 g/mol. The number of aldehydes is 1. The Morgan fingerprint density at radius 3 is 2.62 bits per heavy atom. The molecule has 2 nitrogen and oxygen atoms in total. The SMILES string of the molecule is COc1ccc2c(c1)CC(C(C)(C)C=O)C2. The van der Waals surface area contributed by atoms with E-state index in [0.29, 0.717) is 5.92 Å². The highest BCUT2D eigenvalue weighted by Crippen LogP contribution is 2.38. The van der Waals surface area contributed by atoms with Gasteiger partial charge in [0.15, 0.2) is 0 Å². The predicted molar refractivity (Wildman–Crippen MR) is 63.7 cm³/mol. The highest BCUT2D eigenvalue weighted by Gasteiger charge is 2.34. The molecule has 86 valence electrons. The van der Waals surface area contributed by atoms with Crippen LogP contribution < -0.4 is 4.74 Å². The Hall–Kier alpha value is -1.31. The summed E-state index contributed by atoms with van der Waals surface area (Å²) in [5.41, 5.74) is 2.46. The lowest BCUT2D eigenvalue weighted by Gasteiger charge is -2.24. The Morgan fingerprint density at radius 1 is 1.31 bits per heavy atom. The lowest BCUT2D eigenvalue weighted by atomic mass is 9.78. The van der Waals surface area contributed by atoms with Crippen LogP contribution in [0, 0.1) is 11.3 Å². The number of fused-ring (bicyclic) bond motifs is 1. The molecule has 2 rings (SSSR count). The molecule has 1 aliphatic carbocycles. The summed E-state index contributed by atoms with van der Waals surface area (Å²) in [6, 6.07) is 6.21. The second-order valence-electron chi connectivity index (χ2n) is 5.18. The summed E-state index contributed by atoms with van der Waals surface area (Å²) >= 11 is 0. The molecule has 1 atom stereocenters. The third kappa shape index (κ3) is 1.84. The Balaban J connectivity index is 2.24. The molecule has 1 aromatic carbocycles. The van der Waals surface area contributed by atoms with Gasteiger partial charge in [0.1, 0.15) is 12.0 Å². The van der Waals surface area contributed by atoms with Crippen molar-refractivity contribution in [1.82, 2.24) is 0 Å². The van der Waals surface area contributed by atoms with E-state index in [-0.39, 0.29) is 5.41 Å². The van der Waals surface area contributed by atoms with Crippen molar-refractivity contribution in [2.75, 3.05) is 7.11 Å². The topological polar surface area (TPSA) is 26.3 Å². The van der Waals surface area contributed by atoms with Crippen molar-refractivity contribution >= 4 is 6.29 Å². The van der Waals surface area contributed by atoms with Crippen molar-refractivity contribution in [3.05, 3.63) is 29.3 Å². The van der Waals surface area contributed by atoms with Crippen LogP contribution in [0.2, 0.25) is 0 Å². The standard InChI is InChI=1S/C14H18O2/c1-14(2,9-15)12-6-10-4-5-13(16-3)8-11(10)7-12/h4-5,8-9,12H,6-7H2,1-3H3. The van der Waals surface area contributed by atoms with Crippen molar-refractivity contribution in [1.29, 1.82) is 0 Å². The van der Waals surface area contributed by atoms with Gasteiger partial charge in [-0.2, -0.15) is 0 Å². The minimum absolute atomic E-state index is 0.230. The van der Waals surface area contributed by atoms with Gasteiger partial charge in [0.25, 0.3) is 0 Å². The van der Waals surface area contributed by atoms with E-state index >= 15 is 0 Å². The van der Waals surface area contributed by atoms with Crippen LogP contribution in [-0.2, 0) is 17.6 Å². The van der Waals surface area contributed by atoms with E-state index in [4.69, 9.17) is 4.74 Å². The summed E-state index contributed by atoms with van der Waals surface area (Å²) < 4.78 is 5.22. The zero-order chi connectivity index (χ0) is 11.8. The molecule has 0 aliphatic heterocycles. The zero-order valence-electron chi connectivity index (χ0n) is 10.1. The number of hydrogen-bond acceptors (Lipinski definition) is 2. The fraction of sp³-hybridized carbons (Fsp3) is 0.500. The molecule has 0 radical (unpaired) electrons. The van der Waals surface area contributed by atoms with E-state index in [1.807, 2.05) is 19.9 Å². The normalized spacial score (nSPS) is 19.3. The van der Waals surface area contributed by atoms with Crippen LogP contribution in [-0.4, -0.2) is 13.4 Å². The molecule has 0 saturated heterocycles. The maximum Gasteiger partial charge on any atom is 0.125 e. The Morgan fingerprint density at radius 2 is 2.00 bits per heavy atom. The summed E-state index contributed by atoms with van der Waals surface area (Å²) in [4.78, 5) is 11.1. The van der Waals surface area contributed by atoms with Gasteiger partial charge < -0.3 is 9.53 Å². The van der Waals surface area contributed by atoms with Gasteiger partial charge in [0, 0.05) is 5.41 Å². The van der Waals surface area contributed by atoms with E-state index in [0.717, 1.165) is 24.9 Å². The number of ether oxygens (including phenoxy) is 1. The first kappa shape index (κ1) is 11.2. The predicted octanol–water partition coefficient (Wildman–Crippen LogP) is 2.64. The fourth-order valence-corrected chi connectivity index (χ4v) is 2.34. The summed E-state index contributed by atoms with van der Waals surface area (Å²) in [6.45, 7) is 4.04. The van der Waals surface area contributed by atoms with E-state index in [9.17, 15) is 4.79 Å². The Kier molecular flexibility index (Phi) is 2.75. The van der Waals surface area contributed by atoms with Crippen LogP contribution >= 0.6 is 0 Å². The molecule has 1 unspecified atom stereocenters. The highest BCUT2D eigenvalue weighted by molar-refractivity contribution is 5.59. The maximum absolute atomic E-state index is 11.1. The number of carbonyl (C=O) groups is 1. The summed E-state index contributed by atoms with van der Waals surface area (Å²) in [7, 11) is 1.68. The molecule has 0 heterocycles. The van der Waals surface area contributed by atoms with Crippen molar-refractivity contribution < 1.29 is 9.53 Å². The first-order valence-electron chi connectivity index (χ1n) is 5.69. The van der Waals surface area contributed by atoms with E-state index in [2.05, 4.69) is 12.1 Å². The minimum atomic E-state index is -0.230. The molecular formula is C14H18O2. The summed E-state index contributed by atoms with van der Waals surface area (Å²) in [5, 5.41) is 0. The van der Waals surface area contributed by atoms with Gasteiger partial charge in [-0.3, -0.25) is 0 Å². The number of benzene rings is 1. The Labute approximate surface area is 96.6 Å². The monoisotopic (exact) mass is 218 g/mol. The average Bonchev–Trinajstić information content (AvgIpc) is 2.72. The second kappa shape index (κ2) is 3.93. The van der Waals surface area contributed by atoms with Crippen molar-refractivity contribution in [3.63, 3.8) is 0 Å². The molecule has 1 aromatic rings. The van der Waals surface area contributed by atoms with Gasteiger partial charge in [-0.05, 0) is 42.0 Å². The van der Waals surface area contributed by atoms with Crippen molar-refractivity contribution in [3.8, 4) is 5.75 Å². The van der Waals surface area contributed by atoms with Crippen molar-refractivity contribution in [2.24, 2.45) is 11.3 Å². The molecule has 0 saturated carbocycles. The van der Waals surface area contributed by atoms with Gasteiger partial charge in [-0.25, -0.2) is 0 Å². The first-order chi connectivity index (χ1) is 7.56. The molecule has 1 aliphatic rings. The number of rotatable bonds is 3. The maximum atomic E-state index is 11.1. The lowest BCUT2D eigenvalue weighted by molar-refractivity contribution is -0.116. The lowest BCUT2D eigenvalue weighted by Crippen LogP contribution is -2.25. The number of carbonyl (C=O) groups excluding carboxylic acids is 1. The van der Waals surface area contributed by atoms with Crippen LogP contribution in [0.3, 0.4) is 0 Å². The summed E-state index contributed by atoms with van der Waals surface area (Å²) in [6.07, 6.45) is 3.07. The first-order valence-corrected chi connectivity index (χ1v) is 5.69. The molecule has 0 N–H and O–H groups in total. The smallest absolute Gasteiger partial charge is 0.125 e. The molecule has 2 heteroatoms. The highest BCUT2D eigenvalue weighted by atomic mass is 16.5. The van der Waals surface area contributed by atoms with Gasteiger partial charge in [-0.1, -0.05) is 19.9 Å². The van der Waals surface area contributed by atoms with E-state index in [1.165, 1.54) is 11.1 Å². The van der Waals surface area contributed by atoms with Crippen LogP contribution in [0.25, 0.3) is 0 Å². The van der Waals surface area contributed by atoms with Crippen LogP contribution in [0.1, 0.15) is 25.0 Å². The molecule has 0 fully saturated rings. The molecule has 0 aromatic heterocycles. The third-order valence-corrected chi connectivity index (χ3v) is 3.70. The number of methoxy groups -OCH3 is 1. The zero-order valence-corrected chi connectivity index (χ0v) is 10.1. The van der Waals surface area contributed by atoms with Crippen LogP contribution in [0.4, 0.5) is 0 Å². The molecule has 0 bridgehead atoms. The quantitative estimate of drug-likeness (QED) is 0.729. The summed E-state index contributed by atoms with van der Waals surface area (Å²) in [5.74, 6) is 1.33. The molecule has 16 heavy (non-hydrogen) atoms. The van der Waals surface area contributed by atoms with Crippen LogP contribution in [0.5, 0.6) is 5.75 Å². The van der Waals surface area contributed by atoms with Gasteiger partial charge in [0.2, 0.25) is 0 Å². The van der Waals surface area contributed by atoms with Gasteiger partial charge in [-0.15, -0.1) is 0 Å². The molecule has 0 amide bonds. The third-order valence-electron chi connectivity index (χ3n) is 3.70. The van der Waals surface area contributed by atoms with Gasteiger partial charge in [0.05, 0.1) is 7.11 Å². The van der Waals surface area contributed by atoms with Crippen molar-refractivity contribution in [2.45, 2.75) is 26.7 Å². The molecular weight excluding hydrogens is 200 g/mol. The minimum Gasteiger partial charge on any atom is -0.497 e. The fourth-order valence-electron chi connectivity index (χ4n) is 2.34.